The van der Waals surface area contributed by atoms with Crippen LogP contribution < -0.4 is 5.32 Å². The van der Waals surface area contributed by atoms with Gasteiger partial charge >= 0.3 is 0 Å². The lowest BCUT2D eigenvalue weighted by atomic mass is 9.93. The fraction of sp³-hybridized carbons (Fsp3) is 0.357. The second-order valence-corrected chi connectivity index (χ2v) is 7.32. The maximum atomic E-state index is 11.8. The summed E-state index contributed by atoms with van der Waals surface area (Å²) >= 11 is 3.00. The SMILES string of the molecule is Cc1nc(C=CC(=O)Nc2nc(C(C)(C)C)cs2)cs1. The van der Waals surface area contributed by atoms with E-state index in [9.17, 15) is 4.79 Å². The number of rotatable bonds is 3. The number of hydrogen-bond acceptors (Lipinski definition) is 5. The monoisotopic (exact) mass is 307 g/mol. The number of aryl methyl sites for hydroxylation is 1. The molecule has 2 heterocycles. The molecule has 0 saturated carbocycles. The molecule has 1 amide bonds. The van der Waals surface area contributed by atoms with Crippen LogP contribution in [0.15, 0.2) is 16.8 Å². The zero-order valence-electron chi connectivity index (χ0n) is 11.9. The van der Waals surface area contributed by atoms with Gasteiger partial charge in [-0.05, 0) is 13.0 Å². The Morgan fingerprint density at radius 2 is 2.00 bits per heavy atom. The molecule has 0 spiro atoms. The Bertz CT molecular complexity index is 635. The summed E-state index contributed by atoms with van der Waals surface area (Å²) in [5.74, 6) is -0.189. The Balaban J connectivity index is 1.98. The highest BCUT2D eigenvalue weighted by Crippen LogP contribution is 2.26. The number of nitrogens with one attached hydrogen (secondary N) is 1. The Labute approximate surface area is 126 Å². The van der Waals surface area contributed by atoms with Crippen molar-refractivity contribution in [3.05, 3.63) is 33.2 Å². The number of thiazole rings is 2. The second-order valence-electron chi connectivity index (χ2n) is 5.40. The predicted molar refractivity (Wildman–Crippen MR) is 85.3 cm³/mol. The normalized spacial score (nSPS) is 12.0. The third kappa shape index (κ3) is 3.98. The van der Waals surface area contributed by atoms with Crippen molar-refractivity contribution >= 4 is 39.8 Å². The van der Waals surface area contributed by atoms with Gasteiger partial charge in [-0.1, -0.05) is 20.8 Å². The van der Waals surface area contributed by atoms with E-state index in [1.807, 2.05) is 17.7 Å². The van der Waals surface area contributed by atoms with E-state index in [1.165, 1.54) is 17.4 Å². The van der Waals surface area contributed by atoms with Gasteiger partial charge in [0, 0.05) is 22.3 Å². The molecule has 20 heavy (non-hydrogen) atoms. The number of hydrogen-bond donors (Lipinski definition) is 1. The van der Waals surface area contributed by atoms with Crippen molar-refractivity contribution in [1.29, 1.82) is 0 Å². The Morgan fingerprint density at radius 3 is 2.55 bits per heavy atom. The maximum Gasteiger partial charge on any atom is 0.250 e. The Morgan fingerprint density at radius 1 is 1.25 bits per heavy atom. The Hall–Kier alpha value is -1.53. The van der Waals surface area contributed by atoms with Gasteiger partial charge in [0.05, 0.1) is 16.4 Å². The molecule has 0 saturated heterocycles. The van der Waals surface area contributed by atoms with Crippen LogP contribution in [0.2, 0.25) is 0 Å². The van der Waals surface area contributed by atoms with E-state index in [1.54, 1.807) is 17.4 Å². The average molecular weight is 307 g/mol. The summed E-state index contributed by atoms with van der Waals surface area (Å²) in [6.07, 6.45) is 3.18. The van der Waals surface area contributed by atoms with E-state index in [0.29, 0.717) is 5.13 Å². The van der Waals surface area contributed by atoms with Crippen LogP contribution in [0.4, 0.5) is 5.13 Å². The first kappa shape index (κ1) is 14.9. The highest BCUT2D eigenvalue weighted by molar-refractivity contribution is 7.14. The average Bonchev–Trinajstić information content (AvgIpc) is 2.95. The summed E-state index contributed by atoms with van der Waals surface area (Å²) in [4.78, 5) is 20.5. The van der Waals surface area contributed by atoms with Crippen molar-refractivity contribution < 1.29 is 4.79 Å². The van der Waals surface area contributed by atoms with E-state index < -0.39 is 0 Å². The summed E-state index contributed by atoms with van der Waals surface area (Å²) in [5.41, 5.74) is 1.78. The molecule has 4 nitrogen and oxygen atoms in total. The lowest BCUT2D eigenvalue weighted by molar-refractivity contribution is -0.111. The van der Waals surface area contributed by atoms with Crippen LogP contribution in [0.5, 0.6) is 0 Å². The van der Waals surface area contributed by atoms with Crippen LogP contribution in [0.1, 0.15) is 37.2 Å². The van der Waals surface area contributed by atoms with Crippen molar-refractivity contribution in [2.24, 2.45) is 0 Å². The minimum atomic E-state index is -0.189. The third-order valence-corrected chi connectivity index (χ3v) is 4.09. The zero-order valence-corrected chi connectivity index (χ0v) is 13.6. The van der Waals surface area contributed by atoms with Gasteiger partial charge in [0.2, 0.25) is 5.91 Å². The molecule has 0 fully saturated rings. The first-order valence-corrected chi connectivity index (χ1v) is 7.98. The molecule has 6 heteroatoms. The fourth-order valence-electron chi connectivity index (χ4n) is 1.44. The van der Waals surface area contributed by atoms with Gasteiger partial charge in [0.25, 0.3) is 0 Å². The number of aromatic nitrogens is 2. The maximum absolute atomic E-state index is 11.8. The minimum absolute atomic E-state index is 0.00651. The topological polar surface area (TPSA) is 54.9 Å². The first-order chi connectivity index (χ1) is 9.34. The molecule has 106 valence electrons. The lowest BCUT2D eigenvalue weighted by Crippen LogP contribution is -2.12. The largest absolute Gasteiger partial charge is 0.298 e. The van der Waals surface area contributed by atoms with Gasteiger partial charge in [-0.15, -0.1) is 22.7 Å². The van der Waals surface area contributed by atoms with Gasteiger partial charge in [0.15, 0.2) is 5.13 Å². The summed E-state index contributed by atoms with van der Waals surface area (Å²) in [6, 6.07) is 0. The molecule has 1 N–H and O–H groups in total. The van der Waals surface area contributed by atoms with Crippen molar-refractivity contribution in [3.8, 4) is 0 Å². The number of carbonyl (C=O) groups excluding carboxylic acids is 1. The molecular weight excluding hydrogens is 290 g/mol. The highest BCUT2D eigenvalue weighted by atomic mass is 32.1. The predicted octanol–water partition coefficient (Wildman–Crippen LogP) is 3.86. The van der Waals surface area contributed by atoms with Gasteiger partial charge in [-0.3, -0.25) is 10.1 Å². The quantitative estimate of drug-likeness (QED) is 0.876. The molecule has 0 aromatic carbocycles. The number of nitrogens with zero attached hydrogens (tertiary/aromatic N) is 2. The highest BCUT2D eigenvalue weighted by Gasteiger charge is 2.17. The van der Waals surface area contributed by atoms with E-state index in [-0.39, 0.29) is 11.3 Å². The molecule has 0 radical (unpaired) electrons. The first-order valence-electron chi connectivity index (χ1n) is 6.22. The van der Waals surface area contributed by atoms with E-state index in [4.69, 9.17) is 0 Å². The molecular formula is C14H17N3OS2. The third-order valence-electron chi connectivity index (χ3n) is 2.54. The molecule has 0 aliphatic carbocycles. The van der Waals surface area contributed by atoms with E-state index >= 15 is 0 Å². The van der Waals surface area contributed by atoms with Crippen molar-refractivity contribution in [1.82, 2.24) is 9.97 Å². The smallest absolute Gasteiger partial charge is 0.250 e. The second kappa shape index (κ2) is 5.85. The summed E-state index contributed by atoms with van der Waals surface area (Å²) in [7, 11) is 0. The number of carbonyl (C=O) groups is 1. The van der Waals surface area contributed by atoms with Gasteiger partial charge in [0.1, 0.15) is 0 Å². The number of amides is 1. The van der Waals surface area contributed by atoms with Gasteiger partial charge in [-0.25, -0.2) is 9.97 Å². The summed E-state index contributed by atoms with van der Waals surface area (Å²) in [6.45, 7) is 8.22. The minimum Gasteiger partial charge on any atom is -0.298 e. The Kier molecular flexibility index (Phi) is 4.35. The molecule has 0 atom stereocenters. The van der Waals surface area contributed by atoms with Crippen LogP contribution in [-0.4, -0.2) is 15.9 Å². The summed E-state index contributed by atoms with van der Waals surface area (Å²) in [5, 5.41) is 8.27. The van der Waals surface area contributed by atoms with Crippen molar-refractivity contribution in [2.75, 3.05) is 5.32 Å². The van der Waals surface area contributed by atoms with Crippen LogP contribution in [0.3, 0.4) is 0 Å². The van der Waals surface area contributed by atoms with Crippen LogP contribution in [-0.2, 0) is 10.2 Å². The molecule has 0 aliphatic rings. The molecule has 0 bridgehead atoms. The fourth-order valence-corrected chi connectivity index (χ4v) is 2.96. The summed E-state index contributed by atoms with van der Waals surface area (Å²) < 4.78 is 0. The van der Waals surface area contributed by atoms with Gasteiger partial charge < -0.3 is 0 Å². The molecule has 0 unspecified atom stereocenters. The van der Waals surface area contributed by atoms with Crippen LogP contribution >= 0.6 is 22.7 Å². The van der Waals surface area contributed by atoms with E-state index in [2.05, 4.69) is 36.1 Å². The molecule has 2 aromatic rings. The van der Waals surface area contributed by atoms with E-state index in [0.717, 1.165) is 16.4 Å². The molecule has 2 rings (SSSR count). The van der Waals surface area contributed by atoms with Crippen molar-refractivity contribution in [3.63, 3.8) is 0 Å². The lowest BCUT2D eigenvalue weighted by Gasteiger charge is -2.14. The zero-order chi connectivity index (χ0) is 14.8. The van der Waals surface area contributed by atoms with Crippen LogP contribution in [0, 0.1) is 6.92 Å². The molecule has 0 aliphatic heterocycles. The molecule has 2 aromatic heterocycles. The van der Waals surface area contributed by atoms with Gasteiger partial charge in [-0.2, -0.15) is 0 Å². The van der Waals surface area contributed by atoms with Crippen molar-refractivity contribution in [2.45, 2.75) is 33.1 Å². The number of anilines is 1. The standard InChI is InChI=1S/C14H17N3OS2/c1-9-15-10(7-19-9)5-6-12(18)17-13-16-11(8-20-13)14(2,3)4/h5-8H,1-4H3,(H,16,17,18). The van der Waals surface area contributed by atoms with Crippen LogP contribution in [0.25, 0.3) is 6.08 Å².